The van der Waals surface area contributed by atoms with E-state index in [-0.39, 0.29) is 62.4 Å². The van der Waals surface area contributed by atoms with Gasteiger partial charge >= 0.3 is 26.2 Å². The fraction of sp³-hybridized carbons (Fsp3) is 0.233. The molecule has 8 rings (SSSR count). The zero-order chi connectivity index (χ0) is 30.5. The molecule has 4 heteroatoms. The molecule has 2 aliphatic rings. The average Bonchev–Trinajstić information content (AvgIpc) is 3.63. The second-order valence-corrected chi connectivity index (χ2v) is 16.7. The van der Waals surface area contributed by atoms with Gasteiger partial charge in [0, 0.05) is 5.92 Å². The summed E-state index contributed by atoms with van der Waals surface area (Å²) in [7, 11) is -0.933. The molecule has 0 nitrogen and oxygen atoms in total. The van der Waals surface area contributed by atoms with E-state index in [9.17, 15) is 0 Å². The third-order valence-electron chi connectivity index (χ3n) is 10.3. The van der Waals surface area contributed by atoms with Crippen LogP contribution in [0.4, 0.5) is 0 Å². The predicted molar refractivity (Wildman–Crippen MR) is 193 cm³/mol. The maximum absolute atomic E-state index is 2.58. The molecule has 47 heavy (non-hydrogen) atoms. The molecule has 1 aliphatic heterocycles. The maximum Gasteiger partial charge on any atom is 3.00 e. The molecule has 1 heterocycles. The van der Waals surface area contributed by atoms with E-state index in [2.05, 4.69) is 151 Å². The quantitative estimate of drug-likeness (QED) is 0.186. The third-order valence-corrected chi connectivity index (χ3v) is 13.0. The Morgan fingerprint density at radius 2 is 1.43 bits per heavy atom. The van der Waals surface area contributed by atoms with Crippen molar-refractivity contribution in [2.45, 2.75) is 59.4 Å². The number of benzene rings is 5. The molecular weight excluding hydrogens is 707 g/mol. The zero-order valence-electron chi connectivity index (χ0n) is 28.2. The number of fused-ring (bicyclic) bond motifs is 3. The zero-order valence-corrected chi connectivity index (χ0v) is 33.2. The Morgan fingerprint density at radius 3 is 2.13 bits per heavy atom. The van der Waals surface area contributed by atoms with Crippen LogP contribution in [0.5, 0.6) is 0 Å². The van der Waals surface area contributed by atoms with Gasteiger partial charge in [-0.15, -0.1) is 28.5 Å². The van der Waals surface area contributed by atoms with Crippen LogP contribution in [-0.2, 0) is 31.6 Å². The van der Waals surface area contributed by atoms with Crippen molar-refractivity contribution < 1.29 is 51.0 Å². The van der Waals surface area contributed by atoms with Gasteiger partial charge in [-0.2, -0.15) is 5.19 Å². The summed E-state index contributed by atoms with van der Waals surface area (Å²) < 4.78 is 0. The molecule has 0 aromatic heterocycles. The van der Waals surface area contributed by atoms with E-state index < -0.39 is 8.80 Å². The smallest absolute Gasteiger partial charge is 1.00 e. The van der Waals surface area contributed by atoms with Crippen molar-refractivity contribution in [1.29, 1.82) is 0 Å². The van der Waals surface area contributed by atoms with Gasteiger partial charge in [0.15, 0.2) is 0 Å². The van der Waals surface area contributed by atoms with E-state index in [1.165, 1.54) is 66.1 Å². The van der Waals surface area contributed by atoms with Crippen LogP contribution < -0.4 is 35.2 Å². The van der Waals surface area contributed by atoms with Gasteiger partial charge in [0.05, 0.1) is 8.80 Å². The van der Waals surface area contributed by atoms with Gasteiger partial charge in [0.25, 0.3) is 0 Å². The van der Waals surface area contributed by atoms with Crippen LogP contribution in [0.3, 0.4) is 0 Å². The van der Waals surface area contributed by atoms with Crippen LogP contribution in [0.25, 0.3) is 49.9 Å². The number of hydrogen-bond donors (Lipinski definition) is 0. The van der Waals surface area contributed by atoms with Crippen LogP contribution in [0, 0.1) is 12.8 Å². The Balaban J connectivity index is 0.00000144. The van der Waals surface area contributed by atoms with E-state index >= 15 is 0 Å². The van der Waals surface area contributed by atoms with E-state index in [1.54, 1.807) is 21.5 Å². The summed E-state index contributed by atoms with van der Waals surface area (Å²) in [6.07, 6.45) is 2.55. The first-order valence-electron chi connectivity index (χ1n) is 16.2. The van der Waals surface area contributed by atoms with E-state index in [4.69, 9.17) is 0 Å². The first-order valence-corrected chi connectivity index (χ1v) is 18.2. The molecule has 0 spiro atoms. The fourth-order valence-electron chi connectivity index (χ4n) is 8.24. The molecule has 234 valence electrons. The van der Waals surface area contributed by atoms with Crippen molar-refractivity contribution in [2.75, 3.05) is 0 Å². The van der Waals surface area contributed by atoms with Gasteiger partial charge in [-0.1, -0.05) is 161 Å². The molecule has 1 aliphatic carbocycles. The second-order valence-electron chi connectivity index (χ2n) is 14.4. The van der Waals surface area contributed by atoms with Crippen molar-refractivity contribution >= 4 is 46.8 Å². The minimum absolute atomic E-state index is 0. The Labute approximate surface area is 313 Å². The summed E-state index contributed by atoms with van der Waals surface area (Å²) in [5.74, 6) is 0.735. The maximum atomic E-state index is 2.58. The fourth-order valence-corrected chi connectivity index (χ4v) is 11.1. The Morgan fingerprint density at radius 1 is 0.766 bits per heavy atom. The van der Waals surface area contributed by atoms with E-state index in [1.807, 2.05) is 0 Å². The summed E-state index contributed by atoms with van der Waals surface area (Å²) >= 11 is 0. The molecule has 6 aromatic rings. The average molecular weight is 747 g/mol. The Hall–Kier alpha value is -2.61. The SMILES string of the molecule is Cc1[cH-]c2cc(C3C(C(C)C)=Cc4c(-c5ccc(C(C)(C)C)cc5)cccc43)c3c(-c4cccc5ccccc45)c2c1[Si]3C.[Cl-].[Cl-].[Zr+3]. The van der Waals surface area contributed by atoms with E-state index in [0.717, 1.165) is 0 Å². The monoisotopic (exact) mass is 744 g/mol. The predicted octanol–water partition coefficient (Wildman–Crippen LogP) is 4.39. The minimum atomic E-state index is -0.933. The van der Waals surface area contributed by atoms with Gasteiger partial charge < -0.3 is 24.8 Å². The first kappa shape index (κ1) is 35.7. The molecule has 1 unspecified atom stereocenters. The summed E-state index contributed by atoms with van der Waals surface area (Å²) in [6.45, 7) is 16.5. The van der Waals surface area contributed by atoms with Crippen LogP contribution in [0.2, 0.25) is 6.55 Å². The van der Waals surface area contributed by atoms with Gasteiger partial charge in [-0.25, -0.2) is 0 Å². The van der Waals surface area contributed by atoms with Crippen LogP contribution in [0.1, 0.15) is 68.4 Å². The van der Waals surface area contributed by atoms with Crippen LogP contribution in [0.15, 0.2) is 103 Å². The summed E-state index contributed by atoms with van der Waals surface area (Å²) in [6, 6.07) is 37.2. The molecule has 6 aromatic carbocycles. The largest absolute Gasteiger partial charge is 3.00 e. The Kier molecular flexibility index (Phi) is 9.89. The third kappa shape index (κ3) is 5.49. The van der Waals surface area contributed by atoms with Crippen molar-refractivity contribution in [1.82, 2.24) is 0 Å². The topological polar surface area (TPSA) is 0 Å². The van der Waals surface area contributed by atoms with Gasteiger partial charge in [0.2, 0.25) is 0 Å². The normalized spacial score (nSPS) is 15.1. The number of hydrogen-bond acceptors (Lipinski definition) is 0. The summed E-state index contributed by atoms with van der Waals surface area (Å²) in [5, 5.41) is 8.90. The first-order chi connectivity index (χ1) is 21.1. The van der Waals surface area contributed by atoms with Gasteiger partial charge in [-0.3, -0.25) is 0 Å². The molecular formula is C43H40Cl2SiZr. The minimum Gasteiger partial charge on any atom is -1.00 e. The standard InChI is InChI=1S/C43H40Si.2ClH.Zr/c1-25(2)35-24-36-32(28-18-20-30(21-19-28)43(4,5)6)15-11-17-34(36)39(35)37-23-29-22-26(3)41-38(29)40(42(37)44(41)7)33-16-10-13-27-12-8-9-14-31(27)33;;;/h8-25,39H,1-7H3;2*1H;/q-1;;;+3/p-2. The van der Waals surface area contributed by atoms with Crippen molar-refractivity contribution in [3.63, 3.8) is 0 Å². The van der Waals surface area contributed by atoms with Crippen molar-refractivity contribution in [2.24, 2.45) is 5.92 Å². The molecule has 0 N–H and O–H groups in total. The van der Waals surface area contributed by atoms with Gasteiger partial charge in [0.1, 0.15) is 0 Å². The van der Waals surface area contributed by atoms with Gasteiger partial charge in [-0.05, 0) is 55.5 Å². The van der Waals surface area contributed by atoms with Crippen LogP contribution in [-0.4, -0.2) is 8.80 Å². The Bertz CT molecular complexity index is 2160. The number of aryl methyl sites for hydroxylation is 1. The number of rotatable bonds is 4. The molecule has 0 amide bonds. The number of halogens is 2. The van der Waals surface area contributed by atoms with Crippen molar-refractivity contribution in [3.05, 3.63) is 130 Å². The molecule has 0 saturated carbocycles. The molecule has 2 radical (unpaired) electrons. The second kappa shape index (κ2) is 13.0. The molecule has 2 bridgehead atoms. The molecule has 0 saturated heterocycles. The van der Waals surface area contributed by atoms with Crippen molar-refractivity contribution in [3.8, 4) is 22.3 Å². The summed E-state index contributed by atoms with van der Waals surface area (Å²) in [5.41, 5.74) is 14.5. The number of allylic oxidation sites excluding steroid dienone is 1. The van der Waals surface area contributed by atoms with E-state index in [0.29, 0.717) is 5.92 Å². The van der Waals surface area contributed by atoms with Crippen LogP contribution >= 0.6 is 0 Å². The molecule has 0 fully saturated rings. The summed E-state index contributed by atoms with van der Waals surface area (Å²) in [4.78, 5) is 0. The molecule has 1 atom stereocenters.